The van der Waals surface area contributed by atoms with Gasteiger partial charge >= 0.3 is 0 Å². The molecule has 1 aromatic rings. The van der Waals surface area contributed by atoms with E-state index in [9.17, 15) is 13.2 Å². The standard InChI is InChI=1S/C12H18N2O4S3/c1-3-9(15)14-8-6-19-11-10(8)7(4-5-18-2)12(20-11)21(13,16)17/h8H,3-6H2,1-2H3,(H,14,15)(H2,13,16,17). The van der Waals surface area contributed by atoms with Crippen LogP contribution >= 0.6 is 23.1 Å². The second kappa shape index (κ2) is 6.66. The van der Waals surface area contributed by atoms with Gasteiger partial charge in [0.25, 0.3) is 0 Å². The molecule has 6 nitrogen and oxygen atoms in total. The molecule has 2 heterocycles. The number of rotatable bonds is 6. The zero-order valence-corrected chi connectivity index (χ0v) is 14.3. The lowest BCUT2D eigenvalue weighted by atomic mass is 10.0. The molecule has 0 bridgehead atoms. The summed E-state index contributed by atoms with van der Waals surface area (Å²) in [7, 11) is -2.20. The number of thioether (sulfide) groups is 1. The number of thiophene rings is 1. The summed E-state index contributed by atoms with van der Waals surface area (Å²) in [5.74, 6) is 0.673. The van der Waals surface area contributed by atoms with Crippen LogP contribution in [0.5, 0.6) is 0 Å². The van der Waals surface area contributed by atoms with Crippen molar-refractivity contribution in [1.29, 1.82) is 0 Å². The van der Waals surface area contributed by atoms with E-state index in [1.807, 2.05) is 0 Å². The van der Waals surface area contributed by atoms with Gasteiger partial charge in [0, 0.05) is 24.8 Å². The molecule has 1 aliphatic heterocycles. The Kier molecular flexibility index (Phi) is 5.31. The molecule has 1 aromatic heterocycles. The van der Waals surface area contributed by atoms with Crippen molar-refractivity contribution in [1.82, 2.24) is 5.32 Å². The third kappa shape index (κ3) is 3.59. The summed E-state index contributed by atoms with van der Waals surface area (Å²) in [5.41, 5.74) is 1.58. The fraction of sp³-hybridized carbons (Fsp3) is 0.583. The molecule has 1 unspecified atom stereocenters. The molecule has 1 aliphatic rings. The van der Waals surface area contributed by atoms with Crippen molar-refractivity contribution in [3.05, 3.63) is 11.1 Å². The summed E-state index contributed by atoms with van der Waals surface area (Å²) >= 11 is 2.74. The first-order valence-electron chi connectivity index (χ1n) is 6.48. The van der Waals surface area contributed by atoms with Gasteiger partial charge in [-0.1, -0.05) is 6.92 Å². The van der Waals surface area contributed by atoms with Gasteiger partial charge in [0.05, 0.1) is 16.9 Å². The van der Waals surface area contributed by atoms with Crippen molar-refractivity contribution in [2.75, 3.05) is 19.5 Å². The van der Waals surface area contributed by atoms with Crippen molar-refractivity contribution in [2.45, 2.75) is 34.2 Å². The molecule has 1 amide bonds. The van der Waals surface area contributed by atoms with Crippen LogP contribution in [0.3, 0.4) is 0 Å². The Labute approximate surface area is 132 Å². The second-order valence-corrected chi connectivity index (χ2v) is 8.71. The third-order valence-electron chi connectivity index (χ3n) is 3.18. The highest BCUT2D eigenvalue weighted by atomic mass is 32.3. The molecule has 0 saturated carbocycles. The van der Waals surface area contributed by atoms with Gasteiger partial charge < -0.3 is 10.1 Å². The van der Waals surface area contributed by atoms with Crippen LogP contribution < -0.4 is 10.5 Å². The van der Waals surface area contributed by atoms with E-state index in [-0.39, 0.29) is 16.2 Å². The van der Waals surface area contributed by atoms with Crippen LogP contribution in [0.15, 0.2) is 8.42 Å². The zero-order chi connectivity index (χ0) is 15.6. The number of primary sulfonamides is 1. The highest BCUT2D eigenvalue weighted by Crippen LogP contribution is 2.48. The lowest BCUT2D eigenvalue weighted by Crippen LogP contribution is -2.28. The Morgan fingerprint density at radius 1 is 1.52 bits per heavy atom. The monoisotopic (exact) mass is 350 g/mol. The zero-order valence-electron chi connectivity index (χ0n) is 11.8. The molecule has 0 saturated heterocycles. The van der Waals surface area contributed by atoms with Crippen LogP contribution in [-0.4, -0.2) is 33.8 Å². The number of nitrogens with two attached hydrogens (primary N) is 1. The van der Waals surface area contributed by atoms with E-state index >= 15 is 0 Å². The van der Waals surface area contributed by atoms with Gasteiger partial charge in [-0.3, -0.25) is 4.79 Å². The quantitative estimate of drug-likeness (QED) is 0.805. The predicted molar refractivity (Wildman–Crippen MR) is 83.2 cm³/mol. The summed E-state index contributed by atoms with van der Waals surface area (Å²) in [6.07, 6.45) is 0.864. The van der Waals surface area contributed by atoms with Crippen LogP contribution in [-0.2, 0) is 26.0 Å². The van der Waals surface area contributed by atoms with Gasteiger partial charge in [0.15, 0.2) is 0 Å². The van der Waals surface area contributed by atoms with Gasteiger partial charge in [-0.25, -0.2) is 13.6 Å². The first-order valence-corrected chi connectivity index (χ1v) is 9.82. The maximum absolute atomic E-state index is 11.8. The molecule has 21 heavy (non-hydrogen) atoms. The van der Waals surface area contributed by atoms with Crippen molar-refractivity contribution in [2.24, 2.45) is 5.14 Å². The average Bonchev–Trinajstić information content (AvgIpc) is 2.96. The van der Waals surface area contributed by atoms with E-state index in [2.05, 4.69) is 5.32 Å². The first-order chi connectivity index (χ1) is 9.88. The summed E-state index contributed by atoms with van der Waals surface area (Å²) < 4.78 is 29.7. The number of sulfonamides is 1. The molecule has 0 radical (unpaired) electrons. The van der Waals surface area contributed by atoms with E-state index in [1.54, 1.807) is 25.8 Å². The number of amides is 1. The van der Waals surface area contributed by atoms with E-state index in [0.717, 1.165) is 15.5 Å². The summed E-state index contributed by atoms with van der Waals surface area (Å²) in [6.45, 7) is 2.19. The molecule has 0 spiro atoms. The Balaban J connectivity index is 2.42. The Bertz CT molecular complexity index is 639. The molecule has 1 atom stereocenters. The van der Waals surface area contributed by atoms with Crippen LogP contribution in [0.25, 0.3) is 0 Å². The van der Waals surface area contributed by atoms with E-state index in [1.165, 1.54) is 11.3 Å². The normalized spacial score (nSPS) is 17.8. The number of fused-ring (bicyclic) bond motifs is 1. The maximum atomic E-state index is 11.8. The molecule has 3 N–H and O–H groups in total. The van der Waals surface area contributed by atoms with Gasteiger partial charge in [-0.2, -0.15) is 0 Å². The second-order valence-electron chi connectivity index (χ2n) is 4.64. The van der Waals surface area contributed by atoms with Crippen molar-refractivity contribution in [3.8, 4) is 0 Å². The largest absolute Gasteiger partial charge is 0.384 e. The van der Waals surface area contributed by atoms with Crippen molar-refractivity contribution < 1.29 is 17.9 Å². The topological polar surface area (TPSA) is 98.5 Å². The molecule has 0 aliphatic carbocycles. The number of ether oxygens (including phenoxy) is 1. The van der Waals surface area contributed by atoms with E-state index in [0.29, 0.717) is 25.0 Å². The maximum Gasteiger partial charge on any atom is 0.247 e. The van der Waals surface area contributed by atoms with Crippen LogP contribution in [0.1, 0.15) is 30.5 Å². The number of methoxy groups -OCH3 is 1. The lowest BCUT2D eigenvalue weighted by molar-refractivity contribution is -0.121. The number of hydrogen-bond acceptors (Lipinski definition) is 6. The minimum absolute atomic E-state index is 0.0468. The Morgan fingerprint density at radius 3 is 2.81 bits per heavy atom. The van der Waals surface area contributed by atoms with Gasteiger partial charge in [0.2, 0.25) is 15.9 Å². The Morgan fingerprint density at radius 2 is 2.24 bits per heavy atom. The number of carbonyl (C=O) groups excluding carboxylic acids is 1. The molecule has 9 heteroatoms. The highest BCUT2D eigenvalue weighted by Gasteiger charge is 2.34. The van der Waals surface area contributed by atoms with Crippen molar-refractivity contribution in [3.63, 3.8) is 0 Å². The Hall–Kier alpha value is -0.610. The molecule has 118 valence electrons. The summed E-state index contributed by atoms with van der Waals surface area (Å²) in [6, 6.07) is -0.156. The first kappa shape index (κ1) is 16.8. The predicted octanol–water partition coefficient (Wildman–Crippen LogP) is 1.26. The van der Waals surface area contributed by atoms with Gasteiger partial charge in [-0.15, -0.1) is 23.1 Å². The van der Waals surface area contributed by atoms with E-state index < -0.39 is 10.0 Å². The van der Waals surface area contributed by atoms with Crippen molar-refractivity contribution >= 4 is 39.0 Å². The van der Waals surface area contributed by atoms with Crippen LogP contribution in [0.4, 0.5) is 0 Å². The average molecular weight is 350 g/mol. The molecule has 0 aromatic carbocycles. The number of carbonyl (C=O) groups is 1. The molecular weight excluding hydrogens is 332 g/mol. The summed E-state index contributed by atoms with van der Waals surface area (Å²) in [4.78, 5) is 11.6. The minimum Gasteiger partial charge on any atom is -0.384 e. The number of nitrogens with one attached hydrogen (secondary N) is 1. The molecular formula is C12H18N2O4S3. The van der Waals surface area contributed by atoms with Gasteiger partial charge in [-0.05, 0) is 12.0 Å². The lowest BCUT2D eigenvalue weighted by Gasteiger charge is -2.14. The minimum atomic E-state index is -3.76. The summed E-state index contributed by atoms with van der Waals surface area (Å²) in [5, 5.41) is 8.25. The van der Waals surface area contributed by atoms with Gasteiger partial charge in [0.1, 0.15) is 4.21 Å². The fourth-order valence-electron chi connectivity index (χ4n) is 2.22. The fourth-order valence-corrected chi connectivity index (χ4v) is 6.20. The van der Waals surface area contributed by atoms with Crippen LogP contribution in [0.2, 0.25) is 0 Å². The number of hydrogen-bond donors (Lipinski definition) is 2. The van der Waals surface area contributed by atoms with E-state index in [4.69, 9.17) is 9.88 Å². The highest BCUT2D eigenvalue weighted by molar-refractivity contribution is 8.02. The molecule has 2 rings (SSSR count). The smallest absolute Gasteiger partial charge is 0.247 e. The van der Waals surface area contributed by atoms with Crippen LogP contribution in [0, 0.1) is 0 Å². The third-order valence-corrected chi connectivity index (χ3v) is 7.31. The SMILES string of the molecule is CCC(=O)NC1CSc2sc(S(N)(=O)=O)c(CCOC)c21. The molecule has 0 fully saturated rings.